The van der Waals surface area contributed by atoms with Gasteiger partial charge in [0, 0.05) is 25.2 Å². The van der Waals surface area contributed by atoms with Gasteiger partial charge in [0.1, 0.15) is 23.9 Å². The van der Waals surface area contributed by atoms with E-state index in [-0.39, 0.29) is 0 Å². The summed E-state index contributed by atoms with van der Waals surface area (Å²) in [7, 11) is 5.06. The molecule has 0 saturated heterocycles. The van der Waals surface area contributed by atoms with Gasteiger partial charge in [0.25, 0.3) is 0 Å². The van der Waals surface area contributed by atoms with Crippen molar-refractivity contribution in [1.29, 1.82) is 0 Å². The molecule has 0 unspecified atom stereocenters. The van der Waals surface area contributed by atoms with Crippen molar-refractivity contribution in [2.45, 2.75) is 13.5 Å². The monoisotopic (exact) mass is 357 g/mol. The second-order valence-corrected chi connectivity index (χ2v) is 5.70. The Balaban J connectivity index is 1.77. The molecule has 0 atom stereocenters. The smallest absolute Gasteiger partial charge is 0.191 e. The first kappa shape index (κ1) is 19.4. The number of rotatable bonds is 8. The molecule has 0 aliphatic carbocycles. The molecule has 2 aromatic carbocycles. The van der Waals surface area contributed by atoms with Crippen molar-refractivity contribution in [3.8, 4) is 17.2 Å². The van der Waals surface area contributed by atoms with Gasteiger partial charge in [0.2, 0.25) is 0 Å². The minimum atomic E-state index is 0.516. The standard InChI is InChI=1S/C20H27N3O3/c1-15-8-9-16(19(12-15)25-4)14-23-20(21-2)22-10-11-26-18-7-5-6-17(13-18)24-3/h5-9,12-13H,10-11,14H2,1-4H3,(H2,21,22,23). The van der Waals surface area contributed by atoms with Crippen LogP contribution in [0.3, 0.4) is 0 Å². The van der Waals surface area contributed by atoms with Crippen LogP contribution in [0, 0.1) is 6.92 Å². The fraction of sp³-hybridized carbons (Fsp3) is 0.350. The number of hydrogen-bond donors (Lipinski definition) is 2. The summed E-state index contributed by atoms with van der Waals surface area (Å²) >= 11 is 0. The van der Waals surface area contributed by atoms with Gasteiger partial charge in [-0.3, -0.25) is 4.99 Å². The van der Waals surface area contributed by atoms with Crippen molar-refractivity contribution >= 4 is 5.96 Å². The lowest BCUT2D eigenvalue weighted by atomic mass is 10.1. The van der Waals surface area contributed by atoms with Crippen LogP contribution in [0.25, 0.3) is 0 Å². The van der Waals surface area contributed by atoms with Gasteiger partial charge in [-0.1, -0.05) is 18.2 Å². The summed E-state index contributed by atoms with van der Waals surface area (Å²) in [5.74, 6) is 3.13. The Hall–Kier alpha value is -2.89. The second kappa shape index (κ2) is 10.2. The van der Waals surface area contributed by atoms with Gasteiger partial charge < -0.3 is 24.8 Å². The molecule has 0 spiro atoms. The third kappa shape index (κ3) is 5.88. The molecule has 2 N–H and O–H groups in total. The predicted molar refractivity (Wildman–Crippen MR) is 104 cm³/mol. The largest absolute Gasteiger partial charge is 0.497 e. The van der Waals surface area contributed by atoms with E-state index >= 15 is 0 Å². The Kier molecular flexibility index (Phi) is 7.61. The van der Waals surface area contributed by atoms with Crippen LogP contribution in [-0.2, 0) is 6.54 Å². The fourth-order valence-electron chi connectivity index (χ4n) is 2.43. The van der Waals surface area contributed by atoms with E-state index < -0.39 is 0 Å². The highest BCUT2D eigenvalue weighted by Crippen LogP contribution is 2.20. The zero-order valence-corrected chi connectivity index (χ0v) is 15.8. The Morgan fingerprint density at radius 2 is 1.81 bits per heavy atom. The van der Waals surface area contributed by atoms with Crippen molar-refractivity contribution in [3.05, 3.63) is 53.6 Å². The summed E-state index contributed by atoms with van der Waals surface area (Å²) in [6.07, 6.45) is 0. The van der Waals surface area contributed by atoms with Crippen LogP contribution in [0.5, 0.6) is 17.2 Å². The quantitative estimate of drug-likeness (QED) is 0.432. The summed E-state index contributed by atoms with van der Waals surface area (Å²) in [6, 6.07) is 13.7. The molecule has 0 aliphatic heterocycles. The minimum Gasteiger partial charge on any atom is -0.497 e. The number of nitrogens with one attached hydrogen (secondary N) is 2. The van der Waals surface area contributed by atoms with Crippen LogP contribution in [-0.4, -0.2) is 40.4 Å². The number of aryl methyl sites for hydroxylation is 1. The van der Waals surface area contributed by atoms with E-state index in [0.717, 1.165) is 22.8 Å². The minimum absolute atomic E-state index is 0.516. The number of methoxy groups -OCH3 is 2. The summed E-state index contributed by atoms with van der Waals surface area (Å²) in [5, 5.41) is 6.51. The zero-order valence-electron chi connectivity index (χ0n) is 15.8. The highest BCUT2D eigenvalue weighted by atomic mass is 16.5. The number of aliphatic imine (C=N–C) groups is 1. The van der Waals surface area contributed by atoms with Crippen LogP contribution in [0.2, 0.25) is 0 Å². The molecule has 6 nitrogen and oxygen atoms in total. The lowest BCUT2D eigenvalue weighted by molar-refractivity contribution is 0.319. The molecule has 26 heavy (non-hydrogen) atoms. The van der Waals surface area contributed by atoms with Gasteiger partial charge >= 0.3 is 0 Å². The average molecular weight is 357 g/mol. The van der Waals surface area contributed by atoms with Crippen LogP contribution < -0.4 is 24.8 Å². The molecular weight excluding hydrogens is 330 g/mol. The molecule has 0 heterocycles. The molecular formula is C20H27N3O3. The number of hydrogen-bond acceptors (Lipinski definition) is 4. The van der Waals surface area contributed by atoms with E-state index in [9.17, 15) is 0 Å². The average Bonchev–Trinajstić information content (AvgIpc) is 2.68. The topological polar surface area (TPSA) is 64.1 Å². The molecule has 140 valence electrons. The van der Waals surface area contributed by atoms with E-state index in [1.54, 1.807) is 21.3 Å². The van der Waals surface area contributed by atoms with Gasteiger partial charge in [-0.15, -0.1) is 0 Å². The molecule has 2 aromatic rings. The second-order valence-electron chi connectivity index (χ2n) is 5.70. The van der Waals surface area contributed by atoms with Gasteiger partial charge in [-0.25, -0.2) is 0 Å². The summed E-state index contributed by atoms with van der Waals surface area (Å²) in [4.78, 5) is 4.23. The van der Waals surface area contributed by atoms with Crippen LogP contribution in [0.4, 0.5) is 0 Å². The molecule has 0 fully saturated rings. The molecule has 0 bridgehead atoms. The van der Waals surface area contributed by atoms with Gasteiger partial charge in [0.05, 0.1) is 20.8 Å². The van der Waals surface area contributed by atoms with E-state index in [2.05, 4.69) is 27.8 Å². The highest BCUT2D eigenvalue weighted by Gasteiger charge is 2.05. The molecule has 0 saturated carbocycles. The SMILES string of the molecule is CN=C(NCCOc1cccc(OC)c1)NCc1ccc(C)cc1OC. The Morgan fingerprint density at radius 1 is 1.00 bits per heavy atom. The van der Waals surface area contributed by atoms with Gasteiger partial charge in [-0.2, -0.15) is 0 Å². The van der Waals surface area contributed by atoms with E-state index in [1.807, 2.05) is 37.3 Å². The maximum Gasteiger partial charge on any atom is 0.191 e. The number of guanidine groups is 1. The molecule has 0 amide bonds. The maximum absolute atomic E-state index is 5.71. The lowest BCUT2D eigenvalue weighted by Gasteiger charge is -2.14. The van der Waals surface area contributed by atoms with Crippen molar-refractivity contribution in [2.24, 2.45) is 4.99 Å². The van der Waals surface area contributed by atoms with E-state index in [1.165, 1.54) is 5.56 Å². The molecule has 0 radical (unpaired) electrons. The molecule has 6 heteroatoms. The number of benzene rings is 2. The van der Waals surface area contributed by atoms with E-state index in [4.69, 9.17) is 14.2 Å². The molecule has 0 aromatic heterocycles. The first-order chi connectivity index (χ1) is 12.7. The van der Waals surface area contributed by atoms with Crippen molar-refractivity contribution < 1.29 is 14.2 Å². The van der Waals surface area contributed by atoms with Crippen LogP contribution >= 0.6 is 0 Å². The van der Waals surface area contributed by atoms with Crippen molar-refractivity contribution in [3.63, 3.8) is 0 Å². The Bertz CT molecular complexity index is 732. The lowest BCUT2D eigenvalue weighted by Crippen LogP contribution is -2.38. The van der Waals surface area contributed by atoms with Crippen LogP contribution in [0.15, 0.2) is 47.5 Å². The Labute approximate surface area is 155 Å². The fourth-order valence-corrected chi connectivity index (χ4v) is 2.43. The molecule has 0 aliphatic rings. The summed E-state index contributed by atoms with van der Waals surface area (Å²) in [6.45, 7) is 3.81. The normalized spacial score (nSPS) is 11.0. The zero-order chi connectivity index (χ0) is 18.8. The Morgan fingerprint density at radius 3 is 2.54 bits per heavy atom. The maximum atomic E-state index is 5.71. The van der Waals surface area contributed by atoms with Gasteiger partial charge in [0.15, 0.2) is 5.96 Å². The van der Waals surface area contributed by atoms with Crippen molar-refractivity contribution in [2.75, 3.05) is 34.4 Å². The number of ether oxygens (including phenoxy) is 3. The summed E-state index contributed by atoms with van der Waals surface area (Å²) < 4.78 is 16.3. The number of nitrogens with zero attached hydrogens (tertiary/aromatic N) is 1. The molecule has 2 rings (SSSR count). The van der Waals surface area contributed by atoms with Gasteiger partial charge in [-0.05, 0) is 30.7 Å². The van der Waals surface area contributed by atoms with Crippen molar-refractivity contribution in [1.82, 2.24) is 10.6 Å². The van der Waals surface area contributed by atoms with E-state index in [0.29, 0.717) is 25.7 Å². The van der Waals surface area contributed by atoms with Crippen LogP contribution in [0.1, 0.15) is 11.1 Å². The summed E-state index contributed by atoms with van der Waals surface area (Å²) in [5.41, 5.74) is 2.25. The highest BCUT2D eigenvalue weighted by molar-refractivity contribution is 5.79. The first-order valence-electron chi connectivity index (χ1n) is 8.51. The third-order valence-electron chi connectivity index (χ3n) is 3.82. The first-order valence-corrected chi connectivity index (χ1v) is 8.51. The third-order valence-corrected chi connectivity index (χ3v) is 3.82. The predicted octanol–water partition coefficient (Wildman–Crippen LogP) is 2.76.